The van der Waals surface area contributed by atoms with Crippen molar-refractivity contribution in [2.75, 3.05) is 13.1 Å². The zero-order valence-corrected chi connectivity index (χ0v) is 15.0. The van der Waals surface area contributed by atoms with E-state index < -0.39 is 6.04 Å². The van der Waals surface area contributed by atoms with Crippen molar-refractivity contribution in [2.24, 2.45) is 11.7 Å². The molecule has 0 rings (SSSR count). The Hall–Kier alpha value is -1.10. The molecule has 0 fully saturated rings. The van der Waals surface area contributed by atoms with Crippen LogP contribution in [0.25, 0.3) is 0 Å². The van der Waals surface area contributed by atoms with E-state index in [9.17, 15) is 9.59 Å². The summed E-state index contributed by atoms with van der Waals surface area (Å²) in [6, 6.07) is -0.551. The van der Waals surface area contributed by atoms with Gasteiger partial charge >= 0.3 is 0 Å². The molecule has 5 nitrogen and oxygen atoms in total. The van der Waals surface area contributed by atoms with Gasteiger partial charge in [-0.15, -0.1) is 0 Å². The molecule has 0 heterocycles. The summed E-state index contributed by atoms with van der Waals surface area (Å²) in [7, 11) is 0. The SMILES string of the molecule is CC.CC.CC.CCNC(=O)CNC(=O)C(N)C(C)C. The first-order valence-electron chi connectivity index (χ1n) is 7.79. The molecule has 124 valence electrons. The van der Waals surface area contributed by atoms with E-state index in [1.54, 1.807) is 0 Å². The van der Waals surface area contributed by atoms with Crippen LogP contribution in [0.2, 0.25) is 0 Å². The molecule has 0 aliphatic heterocycles. The van der Waals surface area contributed by atoms with Crippen molar-refractivity contribution in [2.45, 2.75) is 68.4 Å². The average molecular weight is 291 g/mol. The number of hydrogen-bond donors (Lipinski definition) is 3. The van der Waals surface area contributed by atoms with Gasteiger partial charge in [0, 0.05) is 6.54 Å². The van der Waals surface area contributed by atoms with Gasteiger partial charge in [0.15, 0.2) is 0 Å². The second-order valence-electron chi connectivity index (χ2n) is 3.44. The lowest BCUT2D eigenvalue weighted by Crippen LogP contribution is -2.47. The summed E-state index contributed by atoms with van der Waals surface area (Å²) >= 11 is 0. The van der Waals surface area contributed by atoms with Crippen LogP contribution in [-0.2, 0) is 9.59 Å². The Bertz CT molecular complexity index is 207. The van der Waals surface area contributed by atoms with Crippen LogP contribution >= 0.6 is 0 Å². The van der Waals surface area contributed by atoms with Gasteiger partial charge in [0.2, 0.25) is 11.8 Å². The summed E-state index contributed by atoms with van der Waals surface area (Å²) in [5.74, 6) is -0.410. The zero-order valence-electron chi connectivity index (χ0n) is 15.0. The van der Waals surface area contributed by atoms with Crippen molar-refractivity contribution >= 4 is 11.8 Å². The summed E-state index contributed by atoms with van der Waals surface area (Å²) in [5.41, 5.74) is 5.58. The molecule has 0 saturated carbocycles. The van der Waals surface area contributed by atoms with Gasteiger partial charge in [-0.2, -0.15) is 0 Å². The van der Waals surface area contributed by atoms with Crippen LogP contribution in [-0.4, -0.2) is 30.9 Å². The van der Waals surface area contributed by atoms with E-state index in [1.807, 2.05) is 62.3 Å². The Balaban J connectivity index is -0.000000187. The van der Waals surface area contributed by atoms with Crippen LogP contribution in [0.4, 0.5) is 0 Å². The highest BCUT2D eigenvalue weighted by atomic mass is 16.2. The molecule has 0 saturated heterocycles. The number of hydrogen-bond acceptors (Lipinski definition) is 3. The van der Waals surface area contributed by atoms with Crippen molar-refractivity contribution in [1.29, 1.82) is 0 Å². The monoisotopic (exact) mass is 291 g/mol. The first kappa shape index (κ1) is 27.3. The van der Waals surface area contributed by atoms with Gasteiger partial charge in [-0.3, -0.25) is 9.59 Å². The van der Waals surface area contributed by atoms with Crippen LogP contribution in [0.5, 0.6) is 0 Å². The summed E-state index contributed by atoms with van der Waals surface area (Å²) in [6.07, 6.45) is 0. The molecular formula is C15H37N3O2. The second-order valence-corrected chi connectivity index (χ2v) is 3.44. The standard InChI is InChI=1S/C9H19N3O2.3C2H6/c1-4-11-7(13)5-12-9(14)8(10)6(2)3;3*1-2/h6,8H,4-5,10H2,1-3H3,(H,11,13)(H,12,14);3*1-2H3. The minimum atomic E-state index is -0.551. The predicted molar refractivity (Wildman–Crippen MR) is 88.6 cm³/mol. The molecule has 1 atom stereocenters. The highest BCUT2D eigenvalue weighted by molar-refractivity contribution is 5.87. The molecule has 4 N–H and O–H groups in total. The first-order valence-corrected chi connectivity index (χ1v) is 7.79. The van der Waals surface area contributed by atoms with Crippen LogP contribution in [0, 0.1) is 5.92 Å². The Kier molecular flexibility index (Phi) is 31.4. The smallest absolute Gasteiger partial charge is 0.239 e. The van der Waals surface area contributed by atoms with E-state index in [1.165, 1.54) is 0 Å². The lowest BCUT2D eigenvalue weighted by Gasteiger charge is -2.14. The largest absolute Gasteiger partial charge is 0.355 e. The van der Waals surface area contributed by atoms with Crippen molar-refractivity contribution in [3.63, 3.8) is 0 Å². The highest BCUT2D eigenvalue weighted by Gasteiger charge is 2.17. The predicted octanol–water partition coefficient (Wildman–Crippen LogP) is 2.30. The summed E-state index contributed by atoms with van der Waals surface area (Å²) < 4.78 is 0. The van der Waals surface area contributed by atoms with Crippen LogP contribution in [0.1, 0.15) is 62.3 Å². The maximum atomic E-state index is 11.3. The maximum absolute atomic E-state index is 11.3. The molecule has 0 bridgehead atoms. The Morgan fingerprint density at radius 1 is 0.950 bits per heavy atom. The Labute approximate surface area is 126 Å². The fraction of sp³-hybridized carbons (Fsp3) is 0.867. The van der Waals surface area contributed by atoms with Crippen LogP contribution in [0.15, 0.2) is 0 Å². The number of rotatable bonds is 5. The molecular weight excluding hydrogens is 254 g/mol. The molecule has 0 aromatic rings. The van der Waals surface area contributed by atoms with Crippen LogP contribution in [0.3, 0.4) is 0 Å². The number of likely N-dealkylation sites (N-methyl/N-ethyl adjacent to an activating group) is 1. The fourth-order valence-electron chi connectivity index (χ4n) is 0.848. The van der Waals surface area contributed by atoms with Gasteiger partial charge in [-0.25, -0.2) is 0 Å². The maximum Gasteiger partial charge on any atom is 0.239 e. The third kappa shape index (κ3) is 19.2. The van der Waals surface area contributed by atoms with Crippen molar-refractivity contribution in [3.05, 3.63) is 0 Å². The molecule has 0 spiro atoms. The van der Waals surface area contributed by atoms with Gasteiger partial charge < -0.3 is 16.4 Å². The second kappa shape index (κ2) is 23.0. The number of amides is 2. The van der Waals surface area contributed by atoms with Crippen molar-refractivity contribution in [1.82, 2.24) is 10.6 Å². The Morgan fingerprint density at radius 2 is 1.35 bits per heavy atom. The van der Waals surface area contributed by atoms with Gasteiger partial charge in [0.25, 0.3) is 0 Å². The first-order chi connectivity index (χ1) is 9.49. The van der Waals surface area contributed by atoms with Gasteiger partial charge in [-0.1, -0.05) is 55.4 Å². The van der Waals surface area contributed by atoms with E-state index in [0.29, 0.717) is 6.54 Å². The van der Waals surface area contributed by atoms with Crippen molar-refractivity contribution < 1.29 is 9.59 Å². The van der Waals surface area contributed by atoms with E-state index in [2.05, 4.69) is 10.6 Å². The topological polar surface area (TPSA) is 84.2 Å². The fourth-order valence-corrected chi connectivity index (χ4v) is 0.848. The van der Waals surface area contributed by atoms with Gasteiger partial charge in [0.1, 0.15) is 0 Å². The summed E-state index contributed by atoms with van der Waals surface area (Å²) in [6.45, 7) is 18.1. The van der Waals surface area contributed by atoms with E-state index >= 15 is 0 Å². The molecule has 0 aromatic heterocycles. The molecule has 0 aliphatic carbocycles. The number of nitrogens with one attached hydrogen (secondary N) is 2. The minimum Gasteiger partial charge on any atom is -0.355 e. The molecule has 0 aromatic carbocycles. The molecule has 20 heavy (non-hydrogen) atoms. The minimum absolute atomic E-state index is 0.00685. The van der Waals surface area contributed by atoms with Gasteiger partial charge in [-0.05, 0) is 12.8 Å². The third-order valence-electron chi connectivity index (χ3n) is 1.82. The molecule has 0 radical (unpaired) electrons. The van der Waals surface area contributed by atoms with E-state index in [4.69, 9.17) is 5.73 Å². The summed E-state index contributed by atoms with van der Waals surface area (Å²) in [5, 5.41) is 5.05. The van der Waals surface area contributed by atoms with E-state index in [0.717, 1.165) is 0 Å². The van der Waals surface area contributed by atoms with Crippen molar-refractivity contribution in [3.8, 4) is 0 Å². The lowest BCUT2D eigenvalue weighted by molar-refractivity contribution is -0.127. The van der Waals surface area contributed by atoms with E-state index in [-0.39, 0.29) is 24.3 Å². The molecule has 1 unspecified atom stereocenters. The number of nitrogens with two attached hydrogens (primary N) is 1. The number of carbonyl (C=O) groups is 2. The number of carbonyl (C=O) groups excluding carboxylic acids is 2. The zero-order chi connectivity index (χ0) is 17.1. The normalized spacial score (nSPS) is 9.55. The quantitative estimate of drug-likeness (QED) is 0.726. The molecule has 0 aliphatic rings. The average Bonchev–Trinajstić information content (AvgIpc) is 2.50. The molecule has 2 amide bonds. The third-order valence-corrected chi connectivity index (χ3v) is 1.82. The van der Waals surface area contributed by atoms with Crippen LogP contribution < -0.4 is 16.4 Å². The highest BCUT2D eigenvalue weighted by Crippen LogP contribution is 1.97. The Morgan fingerprint density at radius 3 is 1.65 bits per heavy atom. The molecule has 5 heteroatoms. The van der Waals surface area contributed by atoms with Gasteiger partial charge in [0.05, 0.1) is 12.6 Å². The summed E-state index contributed by atoms with van der Waals surface area (Å²) in [4.78, 5) is 22.3. The lowest BCUT2D eigenvalue weighted by atomic mass is 10.1.